The molecule has 1 aromatic heterocycles. The standard InChI is InChI=1S/C23H16N2O7/c1-30-20-13-15(25(28)29)11-14-12-17(23(27)32-21(14)20)22(26)24-18-9-5-6-10-19(18)31-16-7-3-2-4-8-16/h2-13H,1H3,(H,24,26). The number of methoxy groups -OCH3 is 1. The number of ether oxygens (including phenoxy) is 2. The van der Waals surface area contributed by atoms with Crippen molar-refractivity contribution in [2.45, 2.75) is 0 Å². The van der Waals surface area contributed by atoms with Crippen LogP contribution in [-0.4, -0.2) is 17.9 Å². The topological polar surface area (TPSA) is 121 Å². The zero-order valence-corrected chi connectivity index (χ0v) is 16.7. The average Bonchev–Trinajstić information content (AvgIpc) is 2.79. The van der Waals surface area contributed by atoms with E-state index in [1.165, 1.54) is 19.2 Å². The molecule has 1 heterocycles. The van der Waals surface area contributed by atoms with Gasteiger partial charge in [0.1, 0.15) is 11.3 Å². The number of amides is 1. The van der Waals surface area contributed by atoms with Crippen molar-refractivity contribution < 1.29 is 23.6 Å². The highest BCUT2D eigenvalue weighted by Crippen LogP contribution is 2.32. The van der Waals surface area contributed by atoms with E-state index in [4.69, 9.17) is 13.9 Å². The second-order valence-corrected chi connectivity index (χ2v) is 6.64. The Morgan fingerprint density at radius 2 is 1.72 bits per heavy atom. The molecule has 0 aliphatic heterocycles. The van der Waals surface area contributed by atoms with Gasteiger partial charge in [0.15, 0.2) is 17.1 Å². The number of para-hydroxylation sites is 3. The van der Waals surface area contributed by atoms with Gasteiger partial charge in [0.25, 0.3) is 11.6 Å². The van der Waals surface area contributed by atoms with Gasteiger partial charge in [-0.15, -0.1) is 0 Å². The van der Waals surface area contributed by atoms with E-state index in [1.54, 1.807) is 36.4 Å². The Kier molecular flexibility index (Phi) is 5.54. The Morgan fingerprint density at radius 3 is 2.44 bits per heavy atom. The summed E-state index contributed by atoms with van der Waals surface area (Å²) in [5.74, 6) is 0.198. The van der Waals surface area contributed by atoms with Crippen molar-refractivity contribution in [2.75, 3.05) is 12.4 Å². The van der Waals surface area contributed by atoms with Gasteiger partial charge in [-0.2, -0.15) is 0 Å². The molecule has 3 aromatic carbocycles. The number of hydrogen-bond donors (Lipinski definition) is 1. The number of nitro benzene ring substituents is 1. The molecule has 9 nitrogen and oxygen atoms in total. The number of hydrogen-bond acceptors (Lipinski definition) is 7. The number of carbonyl (C=O) groups is 1. The molecule has 9 heteroatoms. The van der Waals surface area contributed by atoms with E-state index < -0.39 is 16.5 Å². The van der Waals surface area contributed by atoms with Gasteiger partial charge in [0.2, 0.25) is 0 Å². The predicted molar refractivity (Wildman–Crippen MR) is 117 cm³/mol. The SMILES string of the molecule is COc1cc([N+](=O)[O-])cc2cc(C(=O)Nc3ccccc3Oc3ccccc3)c(=O)oc12. The van der Waals surface area contributed by atoms with Gasteiger partial charge in [0.05, 0.1) is 23.8 Å². The molecule has 4 aromatic rings. The summed E-state index contributed by atoms with van der Waals surface area (Å²) in [6.45, 7) is 0. The summed E-state index contributed by atoms with van der Waals surface area (Å²) in [6.07, 6.45) is 0. The lowest BCUT2D eigenvalue weighted by Gasteiger charge is -2.12. The summed E-state index contributed by atoms with van der Waals surface area (Å²) in [6, 6.07) is 19.3. The average molecular weight is 432 g/mol. The molecule has 0 spiro atoms. The number of benzene rings is 3. The number of fused-ring (bicyclic) bond motifs is 1. The molecule has 0 aliphatic carbocycles. The first-order chi connectivity index (χ1) is 15.5. The highest BCUT2D eigenvalue weighted by Gasteiger charge is 2.20. The second kappa shape index (κ2) is 8.60. The van der Waals surface area contributed by atoms with Crippen molar-refractivity contribution in [2.24, 2.45) is 0 Å². The molecule has 1 N–H and O–H groups in total. The van der Waals surface area contributed by atoms with E-state index >= 15 is 0 Å². The van der Waals surface area contributed by atoms with Crippen LogP contribution in [0, 0.1) is 10.1 Å². The number of non-ortho nitro benzene ring substituents is 1. The maximum atomic E-state index is 12.9. The van der Waals surface area contributed by atoms with Crippen molar-refractivity contribution >= 4 is 28.3 Å². The summed E-state index contributed by atoms with van der Waals surface area (Å²) >= 11 is 0. The van der Waals surface area contributed by atoms with Crippen molar-refractivity contribution in [1.82, 2.24) is 0 Å². The molecule has 4 rings (SSSR count). The van der Waals surface area contributed by atoms with Crippen LogP contribution in [0.1, 0.15) is 10.4 Å². The number of carbonyl (C=O) groups excluding carboxylic acids is 1. The van der Waals surface area contributed by atoms with Crippen LogP contribution >= 0.6 is 0 Å². The summed E-state index contributed by atoms with van der Waals surface area (Å²) in [5, 5.41) is 14.0. The van der Waals surface area contributed by atoms with Crippen molar-refractivity contribution in [3.8, 4) is 17.2 Å². The quantitative estimate of drug-likeness (QED) is 0.265. The lowest BCUT2D eigenvalue weighted by atomic mass is 10.1. The Bertz CT molecular complexity index is 1380. The molecular formula is C23H16N2O7. The Labute approximate surface area is 181 Å². The van der Waals surface area contributed by atoms with Crippen LogP contribution < -0.4 is 20.4 Å². The second-order valence-electron chi connectivity index (χ2n) is 6.64. The predicted octanol–water partition coefficient (Wildman–Crippen LogP) is 4.75. The smallest absolute Gasteiger partial charge is 0.349 e. The van der Waals surface area contributed by atoms with Gasteiger partial charge in [-0.25, -0.2) is 4.79 Å². The molecule has 0 aliphatic rings. The van der Waals surface area contributed by atoms with Gasteiger partial charge in [0, 0.05) is 11.5 Å². The third kappa shape index (κ3) is 4.12. The molecule has 0 atom stereocenters. The monoisotopic (exact) mass is 432 g/mol. The normalized spacial score (nSPS) is 10.5. The number of rotatable bonds is 6. The van der Waals surface area contributed by atoms with Crippen LogP contribution in [0.2, 0.25) is 0 Å². The highest BCUT2D eigenvalue weighted by atomic mass is 16.6. The van der Waals surface area contributed by atoms with E-state index in [2.05, 4.69) is 5.32 Å². The molecule has 0 fully saturated rings. The minimum absolute atomic E-state index is 0.00691. The van der Waals surface area contributed by atoms with Crippen LogP contribution in [0.25, 0.3) is 11.0 Å². The number of nitrogens with one attached hydrogen (secondary N) is 1. The van der Waals surface area contributed by atoms with E-state index in [0.717, 1.165) is 6.07 Å². The first-order valence-corrected chi connectivity index (χ1v) is 9.40. The number of nitrogens with zero attached hydrogens (tertiary/aromatic N) is 1. The minimum atomic E-state index is -0.913. The van der Waals surface area contributed by atoms with Crippen LogP contribution in [0.5, 0.6) is 17.2 Å². The summed E-state index contributed by atoms with van der Waals surface area (Å²) in [4.78, 5) is 35.9. The number of nitro groups is 1. The minimum Gasteiger partial charge on any atom is -0.493 e. The third-order valence-electron chi connectivity index (χ3n) is 4.56. The summed E-state index contributed by atoms with van der Waals surface area (Å²) < 4.78 is 16.1. The fraction of sp³-hybridized carbons (Fsp3) is 0.0435. The fourth-order valence-electron chi connectivity index (χ4n) is 3.07. The zero-order valence-electron chi connectivity index (χ0n) is 16.7. The van der Waals surface area contributed by atoms with Gasteiger partial charge < -0.3 is 19.2 Å². The fourth-order valence-corrected chi connectivity index (χ4v) is 3.07. The van der Waals surface area contributed by atoms with Crippen LogP contribution in [0.15, 0.2) is 82.0 Å². The molecule has 0 unspecified atom stereocenters. The van der Waals surface area contributed by atoms with Crippen molar-refractivity contribution in [3.05, 3.63) is 98.9 Å². The van der Waals surface area contributed by atoms with E-state index in [-0.39, 0.29) is 28.0 Å². The first kappa shape index (κ1) is 20.6. The zero-order chi connectivity index (χ0) is 22.7. The molecule has 0 saturated heterocycles. The highest BCUT2D eigenvalue weighted by molar-refractivity contribution is 6.06. The lowest BCUT2D eigenvalue weighted by molar-refractivity contribution is -0.384. The van der Waals surface area contributed by atoms with Crippen molar-refractivity contribution in [1.29, 1.82) is 0 Å². The van der Waals surface area contributed by atoms with E-state index in [9.17, 15) is 19.7 Å². The lowest BCUT2D eigenvalue weighted by Crippen LogP contribution is -2.21. The van der Waals surface area contributed by atoms with Gasteiger partial charge >= 0.3 is 5.63 Å². The molecule has 32 heavy (non-hydrogen) atoms. The summed E-state index contributed by atoms with van der Waals surface area (Å²) in [7, 11) is 1.29. The van der Waals surface area contributed by atoms with Crippen molar-refractivity contribution in [3.63, 3.8) is 0 Å². The molecule has 0 saturated carbocycles. The molecular weight excluding hydrogens is 416 g/mol. The molecule has 160 valence electrons. The Morgan fingerprint density at radius 1 is 1.00 bits per heavy atom. The number of anilines is 1. The Balaban J connectivity index is 1.70. The molecule has 0 bridgehead atoms. The van der Waals surface area contributed by atoms with Gasteiger partial charge in [-0.3, -0.25) is 14.9 Å². The largest absolute Gasteiger partial charge is 0.493 e. The third-order valence-corrected chi connectivity index (χ3v) is 4.56. The van der Waals surface area contributed by atoms with E-state index in [0.29, 0.717) is 17.2 Å². The molecule has 0 radical (unpaired) electrons. The van der Waals surface area contributed by atoms with Crippen LogP contribution in [0.4, 0.5) is 11.4 Å². The maximum absolute atomic E-state index is 12.9. The Hall–Kier alpha value is -4.66. The van der Waals surface area contributed by atoms with E-state index in [1.807, 2.05) is 18.2 Å². The van der Waals surface area contributed by atoms with Gasteiger partial charge in [-0.1, -0.05) is 30.3 Å². The first-order valence-electron chi connectivity index (χ1n) is 9.40. The summed E-state index contributed by atoms with van der Waals surface area (Å²) in [5.41, 5.74) is -1.17. The van der Waals surface area contributed by atoms with Crippen LogP contribution in [-0.2, 0) is 0 Å². The van der Waals surface area contributed by atoms with Crippen LogP contribution in [0.3, 0.4) is 0 Å². The van der Waals surface area contributed by atoms with Gasteiger partial charge in [-0.05, 0) is 30.3 Å². The maximum Gasteiger partial charge on any atom is 0.349 e. The molecule has 1 amide bonds.